The van der Waals surface area contributed by atoms with Gasteiger partial charge in [0.05, 0.1) is 16.8 Å². The van der Waals surface area contributed by atoms with E-state index in [4.69, 9.17) is 11.6 Å². The Bertz CT molecular complexity index is 664. The molecule has 1 aromatic carbocycles. The zero-order chi connectivity index (χ0) is 14.7. The van der Waals surface area contributed by atoms with E-state index in [1.165, 1.54) is 18.2 Å². The molecule has 2 aromatic rings. The maximum atomic E-state index is 10.7. The van der Waals surface area contributed by atoms with E-state index in [1.54, 1.807) is 6.20 Å². The average molecular weight is 357 g/mol. The molecule has 1 N–H and O–H groups in total. The summed E-state index contributed by atoms with van der Waals surface area (Å²) < 4.78 is 0.788. The standard InChI is InChI=1S/C13H11BrClN3O2/c1-8-4-10(7-17-13(8)14)16-6-9-5-11(18(19)20)2-3-12(9)15/h2-5,7,16H,6H2,1H3. The topological polar surface area (TPSA) is 68.1 Å². The van der Waals surface area contributed by atoms with Gasteiger partial charge in [-0.3, -0.25) is 10.1 Å². The van der Waals surface area contributed by atoms with E-state index in [0.29, 0.717) is 17.1 Å². The van der Waals surface area contributed by atoms with Crippen molar-refractivity contribution in [2.45, 2.75) is 13.5 Å². The predicted octanol–water partition coefficient (Wildman–Crippen LogP) is 4.33. The number of aromatic nitrogens is 1. The zero-order valence-corrected chi connectivity index (χ0v) is 12.9. The lowest BCUT2D eigenvalue weighted by Gasteiger charge is -2.09. The molecular formula is C13H11BrClN3O2. The quantitative estimate of drug-likeness (QED) is 0.503. The van der Waals surface area contributed by atoms with Crippen LogP contribution in [0.15, 0.2) is 35.1 Å². The van der Waals surface area contributed by atoms with Crippen LogP contribution in [0.1, 0.15) is 11.1 Å². The summed E-state index contributed by atoms with van der Waals surface area (Å²) >= 11 is 9.37. The van der Waals surface area contributed by atoms with Gasteiger partial charge in [0.2, 0.25) is 0 Å². The number of non-ortho nitro benzene ring substituents is 1. The van der Waals surface area contributed by atoms with E-state index in [0.717, 1.165) is 15.9 Å². The molecule has 0 saturated heterocycles. The first-order valence-electron chi connectivity index (χ1n) is 5.76. The first-order chi connectivity index (χ1) is 9.47. The summed E-state index contributed by atoms with van der Waals surface area (Å²) in [5.41, 5.74) is 2.52. The van der Waals surface area contributed by atoms with Gasteiger partial charge in [-0.25, -0.2) is 4.98 Å². The molecule has 0 spiro atoms. The predicted molar refractivity (Wildman–Crippen MR) is 82.1 cm³/mol. The van der Waals surface area contributed by atoms with Crippen molar-refractivity contribution in [3.63, 3.8) is 0 Å². The normalized spacial score (nSPS) is 10.3. The molecule has 5 nitrogen and oxygen atoms in total. The Morgan fingerprint density at radius 3 is 2.85 bits per heavy atom. The molecule has 2 rings (SSSR count). The van der Waals surface area contributed by atoms with E-state index in [1.807, 2.05) is 13.0 Å². The summed E-state index contributed by atoms with van der Waals surface area (Å²) in [6, 6.07) is 6.32. The second-order valence-electron chi connectivity index (χ2n) is 4.22. The highest BCUT2D eigenvalue weighted by Gasteiger charge is 2.09. The number of nitrogens with zero attached hydrogens (tertiary/aromatic N) is 2. The monoisotopic (exact) mass is 355 g/mol. The van der Waals surface area contributed by atoms with Gasteiger partial charge in [0, 0.05) is 23.7 Å². The fourth-order valence-electron chi connectivity index (χ4n) is 1.66. The van der Waals surface area contributed by atoms with Crippen LogP contribution in [-0.2, 0) is 6.54 Å². The first kappa shape index (κ1) is 14.7. The molecule has 1 heterocycles. The molecule has 0 aliphatic carbocycles. The third-order valence-corrected chi connectivity index (χ3v) is 3.94. The van der Waals surface area contributed by atoms with Gasteiger partial charge in [-0.2, -0.15) is 0 Å². The number of nitro groups is 1. The lowest BCUT2D eigenvalue weighted by atomic mass is 10.2. The molecule has 0 saturated carbocycles. The number of hydrogen-bond donors (Lipinski definition) is 1. The maximum absolute atomic E-state index is 10.7. The average Bonchev–Trinajstić information content (AvgIpc) is 2.41. The van der Waals surface area contributed by atoms with Crippen LogP contribution in [0.5, 0.6) is 0 Å². The lowest BCUT2D eigenvalue weighted by Crippen LogP contribution is -2.02. The Hall–Kier alpha value is -1.66. The smallest absolute Gasteiger partial charge is 0.269 e. The second kappa shape index (κ2) is 6.19. The van der Waals surface area contributed by atoms with Crippen LogP contribution >= 0.6 is 27.5 Å². The third kappa shape index (κ3) is 3.46. The van der Waals surface area contributed by atoms with Gasteiger partial charge in [0.25, 0.3) is 5.69 Å². The van der Waals surface area contributed by atoms with Crippen LogP contribution in [-0.4, -0.2) is 9.91 Å². The summed E-state index contributed by atoms with van der Waals surface area (Å²) in [5.74, 6) is 0. The van der Waals surface area contributed by atoms with Crippen LogP contribution in [0.2, 0.25) is 5.02 Å². The van der Waals surface area contributed by atoms with Crippen molar-refractivity contribution in [3.8, 4) is 0 Å². The van der Waals surface area contributed by atoms with Crippen molar-refractivity contribution in [2.24, 2.45) is 0 Å². The minimum absolute atomic E-state index is 0.0244. The minimum atomic E-state index is -0.439. The summed E-state index contributed by atoms with van der Waals surface area (Å²) in [6.07, 6.45) is 1.68. The Labute approximate surface area is 129 Å². The van der Waals surface area contributed by atoms with Gasteiger partial charge in [-0.05, 0) is 46.1 Å². The SMILES string of the molecule is Cc1cc(NCc2cc([N+](=O)[O-])ccc2Cl)cnc1Br. The van der Waals surface area contributed by atoms with E-state index in [-0.39, 0.29) is 5.69 Å². The molecule has 0 radical (unpaired) electrons. The molecule has 0 unspecified atom stereocenters. The molecule has 0 fully saturated rings. The summed E-state index contributed by atoms with van der Waals surface area (Å²) in [5, 5.41) is 14.4. The highest BCUT2D eigenvalue weighted by molar-refractivity contribution is 9.10. The fourth-order valence-corrected chi connectivity index (χ4v) is 2.06. The molecule has 0 aliphatic heterocycles. The summed E-state index contributed by atoms with van der Waals surface area (Å²) in [4.78, 5) is 14.5. The van der Waals surface area contributed by atoms with E-state index in [9.17, 15) is 10.1 Å². The van der Waals surface area contributed by atoms with Crippen molar-refractivity contribution < 1.29 is 4.92 Å². The number of nitrogens with one attached hydrogen (secondary N) is 1. The van der Waals surface area contributed by atoms with Crippen molar-refractivity contribution in [1.29, 1.82) is 0 Å². The fraction of sp³-hybridized carbons (Fsp3) is 0.154. The van der Waals surface area contributed by atoms with Gasteiger partial charge >= 0.3 is 0 Å². The number of benzene rings is 1. The number of aryl methyl sites for hydroxylation is 1. The largest absolute Gasteiger partial charge is 0.380 e. The lowest BCUT2D eigenvalue weighted by molar-refractivity contribution is -0.384. The van der Waals surface area contributed by atoms with E-state index < -0.39 is 4.92 Å². The summed E-state index contributed by atoms with van der Waals surface area (Å²) in [7, 11) is 0. The first-order valence-corrected chi connectivity index (χ1v) is 6.93. The van der Waals surface area contributed by atoms with Crippen molar-refractivity contribution in [3.05, 3.63) is 61.3 Å². The molecule has 1 aromatic heterocycles. The molecule has 104 valence electrons. The van der Waals surface area contributed by atoms with E-state index >= 15 is 0 Å². The molecule has 0 bridgehead atoms. The Balaban J connectivity index is 2.15. The molecule has 0 aliphatic rings. The Kier molecular flexibility index (Phi) is 4.57. The Morgan fingerprint density at radius 2 is 2.20 bits per heavy atom. The van der Waals surface area contributed by atoms with Crippen LogP contribution in [0.4, 0.5) is 11.4 Å². The second-order valence-corrected chi connectivity index (χ2v) is 5.38. The number of rotatable bonds is 4. The maximum Gasteiger partial charge on any atom is 0.269 e. The molecule has 0 atom stereocenters. The van der Waals surface area contributed by atoms with Crippen LogP contribution in [0.25, 0.3) is 0 Å². The molecule has 20 heavy (non-hydrogen) atoms. The highest BCUT2D eigenvalue weighted by Crippen LogP contribution is 2.23. The third-order valence-electron chi connectivity index (χ3n) is 2.74. The van der Waals surface area contributed by atoms with Crippen molar-refractivity contribution in [2.75, 3.05) is 5.32 Å². The van der Waals surface area contributed by atoms with Crippen LogP contribution in [0, 0.1) is 17.0 Å². The summed E-state index contributed by atoms with van der Waals surface area (Å²) in [6.45, 7) is 2.33. The minimum Gasteiger partial charge on any atom is -0.380 e. The van der Waals surface area contributed by atoms with Gasteiger partial charge in [0.15, 0.2) is 0 Å². The number of halogens is 2. The number of nitro benzene ring substituents is 1. The van der Waals surface area contributed by atoms with Gasteiger partial charge in [0.1, 0.15) is 4.60 Å². The molecule has 7 heteroatoms. The number of pyridine rings is 1. The molecular weight excluding hydrogens is 346 g/mol. The van der Waals surface area contributed by atoms with Gasteiger partial charge in [-0.15, -0.1) is 0 Å². The zero-order valence-electron chi connectivity index (χ0n) is 10.6. The van der Waals surface area contributed by atoms with Gasteiger partial charge < -0.3 is 5.32 Å². The van der Waals surface area contributed by atoms with Crippen molar-refractivity contribution in [1.82, 2.24) is 4.98 Å². The van der Waals surface area contributed by atoms with Crippen LogP contribution in [0.3, 0.4) is 0 Å². The number of anilines is 1. The number of hydrogen-bond acceptors (Lipinski definition) is 4. The molecule has 0 amide bonds. The highest BCUT2D eigenvalue weighted by atomic mass is 79.9. The Morgan fingerprint density at radius 1 is 1.45 bits per heavy atom. The van der Waals surface area contributed by atoms with Crippen LogP contribution < -0.4 is 5.32 Å². The van der Waals surface area contributed by atoms with E-state index in [2.05, 4.69) is 26.2 Å². The van der Waals surface area contributed by atoms with Gasteiger partial charge in [-0.1, -0.05) is 11.6 Å². The van der Waals surface area contributed by atoms with Crippen molar-refractivity contribution >= 4 is 38.9 Å².